The molecule has 1 aliphatic heterocycles. The van der Waals surface area contributed by atoms with Gasteiger partial charge in [0.1, 0.15) is 0 Å². The van der Waals surface area contributed by atoms with Crippen LogP contribution in [0.1, 0.15) is 16.8 Å². The molecule has 2 rings (SSSR count). The number of cyclic esters (lactones) is 1. The monoisotopic (exact) mass is 218 g/mol. The van der Waals surface area contributed by atoms with E-state index < -0.39 is 18.2 Å². The third-order valence-corrected chi connectivity index (χ3v) is 2.19. The summed E-state index contributed by atoms with van der Waals surface area (Å²) in [4.78, 5) is 22.6. The van der Waals surface area contributed by atoms with Gasteiger partial charge in [0.05, 0.1) is 12.0 Å². The first-order chi connectivity index (χ1) is 7.66. The molecule has 16 heavy (non-hydrogen) atoms. The van der Waals surface area contributed by atoms with Gasteiger partial charge in [0, 0.05) is 5.57 Å². The lowest BCUT2D eigenvalue weighted by Gasteiger charge is -2.09. The topological polar surface area (TPSA) is 52.6 Å². The SMILES string of the molecule is C=C1CC(OC(=O)c2ccccc2)OC1=O. The number of carbonyl (C=O) groups is 2. The molecule has 1 aromatic rings. The van der Waals surface area contributed by atoms with Gasteiger partial charge in [-0.2, -0.15) is 0 Å². The van der Waals surface area contributed by atoms with Gasteiger partial charge in [0.25, 0.3) is 6.29 Å². The quantitative estimate of drug-likeness (QED) is 0.559. The Morgan fingerprint density at radius 1 is 1.38 bits per heavy atom. The fraction of sp³-hybridized carbons (Fsp3) is 0.167. The van der Waals surface area contributed by atoms with Gasteiger partial charge in [-0.25, -0.2) is 9.59 Å². The van der Waals surface area contributed by atoms with E-state index in [0.29, 0.717) is 11.1 Å². The van der Waals surface area contributed by atoms with Crippen molar-refractivity contribution in [2.24, 2.45) is 0 Å². The zero-order valence-corrected chi connectivity index (χ0v) is 8.51. The van der Waals surface area contributed by atoms with Crippen LogP contribution in [0.2, 0.25) is 0 Å². The fourth-order valence-corrected chi connectivity index (χ4v) is 1.36. The maximum atomic E-state index is 11.6. The minimum Gasteiger partial charge on any atom is -0.421 e. The standard InChI is InChI=1S/C12H10O4/c1-8-7-10(15-11(8)13)16-12(14)9-5-3-2-4-6-9/h2-6,10H,1,7H2. The number of carbonyl (C=O) groups excluding carboxylic acids is 2. The second-order valence-corrected chi connectivity index (χ2v) is 3.41. The molecule has 82 valence electrons. The smallest absolute Gasteiger partial charge is 0.341 e. The van der Waals surface area contributed by atoms with E-state index in [-0.39, 0.29) is 6.42 Å². The van der Waals surface area contributed by atoms with Crippen LogP contribution in [0, 0.1) is 0 Å². The average molecular weight is 218 g/mol. The lowest BCUT2D eigenvalue weighted by atomic mass is 10.2. The highest BCUT2D eigenvalue weighted by Crippen LogP contribution is 2.20. The van der Waals surface area contributed by atoms with E-state index in [1.165, 1.54) is 0 Å². The van der Waals surface area contributed by atoms with Crippen molar-refractivity contribution in [2.75, 3.05) is 0 Å². The molecule has 4 nitrogen and oxygen atoms in total. The van der Waals surface area contributed by atoms with Gasteiger partial charge in [0.15, 0.2) is 0 Å². The van der Waals surface area contributed by atoms with Crippen LogP contribution in [0.5, 0.6) is 0 Å². The minimum absolute atomic E-state index is 0.234. The molecule has 0 bridgehead atoms. The summed E-state index contributed by atoms with van der Waals surface area (Å²) in [5.41, 5.74) is 0.752. The highest BCUT2D eigenvalue weighted by atomic mass is 16.7. The molecule has 1 aliphatic rings. The van der Waals surface area contributed by atoms with Crippen molar-refractivity contribution in [3.05, 3.63) is 48.0 Å². The summed E-state index contributed by atoms with van der Waals surface area (Å²) in [5.74, 6) is -1.01. The summed E-state index contributed by atoms with van der Waals surface area (Å²) in [6.45, 7) is 3.50. The van der Waals surface area contributed by atoms with E-state index in [9.17, 15) is 9.59 Å². The molecule has 0 saturated carbocycles. The third-order valence-electron chi connectivity index (χ3n) is 2.19. The van der Waals surface area contributed by atoms with Crippen LogP contribution >= 0.6 is 0 Å². The molecule has 1 fully saturated rings. The normalized spacial score (nSPS) is 19.4. The van der Waals surface area contributed by atoms with Crippen LogP contribution in [0.25, 0.3) is 0 Å². The zero-order valence-electron chi connectivity index (χ0n) is 8.51. The van der Waals surface area contributed by atoms with Crippen LogP contribution in [-0.4, -0.2) is 18.2 Å². The molecule has 1 heterocycles. The Morgan fingerprint density at radius 3 is 2.62 bits per heavy atom. The van der Waals surface area contributed by atoms with Gasteiger partial charge >= 0.3 is 11.9 Å². The first-order valence-electron chi connectivity index (χ1n) is 4.81. The van der Waals surface area contributed by atoms with Gasteiger partial charge in [-0.05, 0) is 12.1 Å². The van der Waals surface area contributed by atoms with Gasteiger partial charge in [0.2, 0.25) is 0 Å². The van der Waals surface area contributed by atoms with Crippen LogP contribution in [0.3, 0.4) is 0 Å². The summed E-state index contributed by atoms with van der Waals surface area (Å²) >= 11 is 0. The molecule has 1 unspecified atom stereocenters. The van der Waals surface area contributed by atoms with E-state index in [2.05, 4.69) is 6.58 Å². The van der Waals surface area contributed by atoms with E-state index in [1.807, 2.05) is 0 Å². The molecule has 0 radical (unpaired) electrons. The van der Waals surface area contributed by atoms with Crippen molar-refractivity contribution < 1.29 is 19.1 Å². The molecule has 0 amide bonds. The van der Waals surface area contributed by atoms with Gasteiger partial charge in [-0.3, -0.25) is 0 Å². The number of hydrogen-bond acceptors (Lipinski definition) is 4. The van der Waals surface area contributed by atoms with Crippen molar-refractivity contribution in [1.29, 1.82) is 0 Å². The molecular weight excluding hydrogens is 208 g/mol. The van der Waals surface area contributed by atoms with Crippen molar-refractivity contribution in [3.8, 4) is 0 Å². The summed E-state index contributed by atoms with van der Waals surface area (Å²) in [5, 5.41) is 0. The van der Waals surface area contributed by atoms with E-state index in [1.54, 1.807) is 30.3 Å². The average Bonchev–Trinajstić information content (AvgIpc) is 2.59. The number of ether oxygens (including phenoxy) is 2. The van der Waals surface area contributed by atoms with Crippen molar-refractivity contribution in [1.82, 2.24) is 0 Å². The number of benzene rings is 1. The van der Waals surface area contributed by atoms with Crippen LogP contribution in [-0.2, 0) is 14.3 Å². The highest BCUT2D eigenvalue weighted by Gasteiger charge is 2.30. The Labute approximate surface area is 92.5 Å². The summed E-state index contributed by atoms with van der Waals surface area (Å²) < 4.78 is 9.78. The second kappa shape index (κ2) is 4.18. The Morgan fingerprint density at radius 2 is 2.06 bits per heavy atom. The molecule has 1 aromatic carbocycles. The minimum atomic E-state index is -0.840. The third kappa shape index (κ3) is 2.11. The van der Waals surface area contributed by atoms with E-state index in [0.717, 1.165) is 0 Å². The first kappa shape index (κ1) is 10.4. The lowest BCUT2D eigenvalue weighted by molar-refractivity contribution is -0.152. The van der Waals surface area contributed by atoms with Crippen molar-refractivity contribution >= 4 is 11.9 Å². The molecular formula is C12H10O4. The van der Waals surface area contributed by atoms with Crippen molar-refractivity contribution in [3.63, 3.8) is 0 Å². The van der Waals surface area contributed by atoms with Gasteiger partial charge in [-0.15, -0.1) is 0 Å². The van der Waals surface area contributed by atoms with E-state index >= 15 is 0 Å². The lowest BCUT2D eigenvalue weighted by Crippen LogP contribution is -2.17. The largest absolute Gasteiger partial charge is 0.421 e. The molecule has 0 N–H and O–H groups in total. The highest BCUT2D eigenvalue weighted by molar-refractivity contribution is 5.92. The van der Waals surface area contributed by atoms with Crippen molar-refractivity contribution in [2.45, 2.75) is 12.7 Å². The summed E-state index contributed by atoms with van der Waals surface area (Å²) in [6, 6.07) is 8.53. The van der Waals surface area contributed by atoms with Crippen LogP contribution in [0.15, 0.2) is 42.5 Å². The van der Waals surface area contributed by atoms with Crippen LogP contribution in [0.4, 0.5) is 0 Å². The molecule has 0 aromatic heterocycles. The second-order valence-electron chi connectivity index (χ2n) is 3.41. The Balaban J connectivity index is 1.99. The molecule has 1 saturated heterocycles. The fourth-order valence-electron chi connectivity index (χ4n) is 1.36. The maximum Gasteiger partial charge on any atom is 0.341 e. The van der Waals surface area contributed by atoms with Gasteiger partial charge in [-0.1, -0.05) is 24.8 Å². The predicted octanol–water partition coefficient (Wildman–Crippen LogP) is 1.67. The Bertz CT molecular complexity index is 420. The van der Waals surface area contributed by atoms with Crippen LogP contribution < -0.4 is 0 Å². The Hall–Kier alpha value is -2.10. The number of hydrogen-bond donors (Lipinski definition) is 0. The van der Waals surface area contributed by atoms with E-state index in [4.69, 9.17) is 9.47 Å². The first-order valence-corrected chi connectivity index (χ1v) is 4.81. The zero-order chi connectivity index (χ0) is 11.5. The molecule has 1 atom stereocenters. The summed E-state index contributed by atoms with van der Waals surface area (Å²) in [6.07, 6.45) is -0.607. The number of rotatable bonds is 2. The van der Waals surface area contributed by atoms with Gasteiger partial charge < -0.3 is 9.47 Å². The molecule has 0 spiro atoms. The number of esters is 2. The molecule has 0 aliphatic carbocycles. The Kier molecular flexibility index (Phi) is 2.72. The maximum absolute atomic E-state index is 11.6. The summed E-state index contributed by atoms with van der Waals surface area (Å²) in [7, 11) is 0. The molecule has 4 heteroatoms. The predicted molar refractivity (Wildman–Crippen MR) is 55.5 cm³/mol.